The van der Waals surface area contributed by atoms with Crippen LogP contribution in [-0.4, -0.2) is 44.2 Å². The van der Waals surface area contributed by atoms with Gasteiger partial charge in [-0.15, -0.1) is 13.2 Å². The highest BCUT2D eigenvalue weighted by molar-refractivity contribution is 5.85. The fraction of sp³-hybridized carbons (Fsp3) is 0.258. The molecule has 0 bridgehead atoms. The summed E-state index contributed by atoms with van der Waals surface area (Å²) in [5, 5.41) is 3.39. The largest absolute Gasteiger partial charge is 0.383 e. The topological polar surface area (TPSA) is 84.9 Å². The van der Waals surface area contributed by atoms with Gasteiger partial charge in [0.05, 0.1) is 11.3 Å². The Morgan fingerprint density at radius 3 is 2.50 bits per heavy atom. The van der Waals surface area contributed by atoms with Gasteiger partial charge in [-0.3, -0.25) is 9.47 Å². The number of nitrogens with one attached hydrogen (secondary N) is 1. The first-order valence-corrected chi connectivity index (χ1v) is 13.3. The van der Waals surface area contributed by atoms with Gasteiger partial charge in [0, 0.05) is 38.2 Å². The number of benzene rings is 1. The van der Waals surface area contributed by atoms with Gasteiger partial charge < -0.3 is 11.1 Å². The van der Waals surface area contributed by atoms with Crippen LogP contribution < -0.4 is 11.1 Å². The maximum atomic E-state index is 6.27. The summed E-state index contributed by atoms with van der Waals surface area (Å²) in [7, 11) is 0. The number of hydrogen-bond donors (Lipinski definition) is 2. The van der Waals surface area contributed by atoms with Crippen LogP contribution in [-0.2, 0) is 6.54 Å². The molecule has 2 aliphatic rings. The highest BCUT2D eigenvalue weighted by Gasteiger charge is 2.19. The molecule has 4 aromatic rings. The number of pyridine rings is 2. The first-order chi connectivity index (χ1) is 18.8. The number of imidazole rings is 1. The molecule has 3 aromatic heterocycles. The van der Waals surface area contributed by atoms with Crippen molar-refractivity contribution in [3.05, 3.63) is 97.4 Å². The molecular weight excluding hydrogens is 470 g/mol. The zero-order valence-corrected chi connectivity index (χ0v) is 22.4. The molecule has 1 fully saturated rings. The Labute approximate surface area is 225 Å². The number of rotatable bonds is 5. The van der Waals surface area contributed by atoms with Crippen LogP contribution in [0.5, 0.6) is 0 Å². The molecule has 0 saturated carbocycles. The summed E-state index contributed by atoms with van der Waals surface area (Å²) >= 11 is 0. The quantitative estimate of drug-likeness (QED) is 0.323. The second-order valence-corrected chi connectivity index (χ2v) is 8.76. The SMILES string of the molecule is C=C.CC.Nc1ncccc1-c1nc2ccc(C3=CCCC=C3)nc2n1-c1ccc(CN2CCNC2)cc1. The summed E-state index contributed by atoms with van der Waals surface area (Å²) < 4.78 is 2.10. The summed E-state index contributed by atoms with van der Waals surface area (Å²) in [4.78, 5) is 16.7. The number of aromatic nitrogens is 4. The van der Waals surface area contributed by atoms with Gasteiger partial charge in [-0.2, -0.15) is 0 Å². The van der Waals surface area contributed by atoms with Crippen molar-refractivity contribution in [1.82, 2.24) is 29.7 Å². The highest BCUT2D eigenvalue weighted by atomic mass is 15.3. The maximum absolute atomic E-state index is 6.27. The van der Waals surface area contributed by atoms with Gasteiger partial charge in [-0.25, -0.2) is 15.0 Å². The molecule has 3 N–H and O–H groups in total. The number of allylic oxidation sites excluding steroid dienone is 4. The Kier molecular flexibility index (Phi) is 9.19. The summed E-state index contributed by atoms with van der Waals surface area (Å²) in [6.07, 6.45) is 10.4. The number of nitrogens with two attached hydrogens (primary N) is 1. The third-order valence-electron chi connectivity index (χ3n) is 6.42. The molecule has 196 valence electrons. The van der Waals surface area contributed by atoms with E-state index in [0.29, 0.717) is 5.82 Å². The van der Waals surface area contributed by atoms with E-state index in [1.165, 1.54) is 5.56 Å². The zero-order chi connectivity index (χ0) is 26.9. The minimum Gasteiger partial charge on any atom is -0.383 e. The van der Waals surface area contributed by atoms with E-state index in [1.54, 1.807) is 6.20 Å². The normalized spacial score (nSPS) is 14.8. The van der Waals surface area contributed by atoms with Gasteiger partial charge in [-0.1, -0.05) is 44.2 Å². The third-order valence-corrected chi connectivity index (χ3v) is 6.42. The van der Waals surface area contributed by atoms with Crippen molar-refractivity contribution in [2.45, 2.75) is 33.2 Å². The van der Waals surface area contributed by atoms with Crippen LogP contribution in [0.25, 0.3) is 33.8 Å². The molecule has 4 heterocycles. The van der Waals surface area contributed by atoms with Gasteiger partial charge in [0.25, 0.3) is 0 Å². The Morgan fingerprint density at radius 1 is 1.00 bits per heavy atom. The molecule has 0 amide bonds. The summed E-state index contributed by atoms with van der Waals surface area (Å²) in [6, 6.07) is 16.6. The molecule has 6 rings (SSSR count). The average Bonchev–Trinajstić information content (AvgIpc) is 3.64. The number of anilines is 1. The fourth-order valence-electron chi connectivity index (χ4n) is 4.65. The lowest BCUT2D eigenvalue weighted by Crippen LogP contribution is -2.21. The zero-order valence-electron chi connectivity index (χ0n) is 22.4. The van der Waals surface area contributed by atoms with Crippen molar-refractivity contribution in [1.29, 1.82) is 0 Å². The lowest BCUT2D eigenvalue weighted by molar-refractivity contribution is 0.327. The molecule has 38 heavy (non-hydrogen) atoms. The lowest BCUT2D eigenvalue weighted by Gasteiger charge is -2.15. The lowest BCUT2D eigenvalue weighted by atomic mass is 10.0. The number of nitrogen functional groups attached to an aromatic ring is 1. The minimum absolute atomic E-state index is 0.454. The van der Waals surface area contributed by atoms with Crippen LogP contribution in [0.2, 0.25) is 0 Å². The number of nitrogens with zero attached hydrogens (tertiary/aromatic N) is 5. The molecule has 1 saturated heterocycles. The van der Waals surface area contributed by atoms with Crippen molar-refractivity contribution in [3.8, 4) is 17.1 Å². The van der Waals surface area contributed by atoms with Crippen LogP contribution >= 0.6 is 0 Å². The van der Waals surface area contributed by atoms with E-state index >= 15 is 0 Å². The van der Waals surface area contributed by atoms with Crippen LogP contribution in [0, 0.1) is 0 Å². The molecule has 0 atom stereocenters. The predicted molar refractivity (Wildman–Crippen MR) is 159 cm³/mol. The van der Waals surface area contributed by atoms with Crippen LogP contribution in [0.1, 0.15) is 37.9 Å². The van der Waals surface area contributed by atoms with Crippen LogP contribution in [0.15, 0.2) is 86.1 Å². The monoisotopic (exact) mass is 507 g/mol. The molecular formula is C31H37N7. The Morgan fingerprint density at radius 2 is 1.82 bits per heavy atom. The Hall–Kier alpha value is -4.07. The van der Waals surface area contributed by atoms with Crippen molar-refractivity contribution in [2.24, 2.45) is 0 Å². The molecule has 1 aliphatic heterocycles. The fourth-order valence-corrected chi connectivity index (χ4v) is 4.65. The Balaban J connectivity index is 0.000000804. The molecule has 7 heteroatoms. The van der Waals surface area contributed by atoms with Crippen LogP contribution in [0.3, 0.4) is 0 Å². The number of hydrogen-bond acceptors (Lipinski definition) is 6. The van der Waals surface area contributed by atoms with Gasteiger partial charge in [-0.05, 0) is 60.4 Å². The molecule has 7 nitrogen and oxygen atoms in total. The van der Waals surface area contributed by atoms with Gasteiger partial charge in [0.15, 0.2) is 11.5 Å². The van der Waals surface area contributed by atoms with Gasteiger partial charge >= 0.3 is 0 Å². The predicted octanol–water partition coefficient (Wildman–Crippen LogP) is 5.99. The van der Waals surface area contributed by atoms with Crippen LogP contribution in [0.4, 0.5) is 5.82 Å². The molecule has 1 aliphatic carbocycles. The molecule has 0 spiro atoms. The first kappa shape index (κ1) is 27.0. The summed E-state index contributed by atoms with van der Waals surface area (Å²) in [5.74, 6) is 1.20. The van der Waals surface area contributed by atoms with Crippen molar-refractivity contribution in [3.63, 3.8) is 0 Å². The molecule has 0 unspecified atom stereocenters. The van der Waals surface area contributed by atoms with Crippen molar-refractivity contribution in [2.75, 3.05) is 25.5 Å². The van der Waals surface area contributed by atoms with E-state index < -0.39 is 0 Å². The van der Waals surface area contributed by atoms with Crippen molar-refractivity contribution < 1.29 is 0 Å². The second-order valence-electron chi connectivity index (χ2n) is 8.76. The average molecular weight is 508 g/mol. The maximum Gasteiger partial charge on any atom is 0.165 e. The van der Waals surface area contributed by atoms with E-state index in [1.807, 2.05) is 38.1 Å². The van der Waals surface area contributed by atoms with E-state index in [2.05, 4.69) is 75.4 Å². The molecule has 0 radical (unpaired) electrons. The van der Waals surface area contributed by atoms with Gasteiger partial charge in [0.1, 0.15) is 11.3 Å². The minimum atomic E-state index is 0.454. The van der Waals surface area contributed by atoms with E-state index in [4.69, 9.17) is 15.7 Å². The smallest absolute Gasteiger partial charge is 0.165 e. The first-order valence-electron chi connectivity index (χ1n) is 13.3. The standard InChI is InChI=1S/C27H27N7.C2H6.C2H4/c28-25-22(7-4-14-30-25)26-32-24-13-12-23(20-5-2-1-3-6-20)31-27(24)34(26)21-10-8-19(9-11-21)17-33-16-15-29-18-33;2*1-2/h2,4-14,29H,1,3,15-18H2,(H2,28,30);1-2H3;1-2H2. The Bertz CT molecular complexity index is 1410. The van der Waals surface area contributed by atoms with Gasteiger partial charge in [0.2, 0.25) is 0 Å². The molecule has 1 aromatic carbocycles. The summed E-state index contributed by atoms with van der Waals surface area (Å²) in [5.41, 5.74) is 13.1. The van der Waals surface area contributed by atoms with Crippen molar-refractivity contribution >= 4 is 22.6 Å². The number of fused-ring (bicyclic) bond motifs is 1. The van der Waals surface area contributed by atoms with E-state index in [-0.39, 0.29) is 0 Å². The van der Waals surface area contributed by atoms with E-state index in [9.17, 15) is 0 Å². The van der Waals surface area contributed by atoms with E-state index in [0.717, 1.165) is 78.7 Å². The highest BCUT2D eigenvalue weighted by Crippen LogP contribution is 2.31. The summed E-state index contributed by atoms with van der Waals surface area (Å²) in [6.45, 7) is 14.0. The third kappa shape index (κ3) is 5.74. The second kappa shape index (κ2) is 12.9.